The zero-order valence-electron chi connectivity index (χ0n) is 13.0. The van der Waals surface area contributed by atoms with Crippen LogP contribution in [-0.4, -0.2) is 59.5 Å². The molecule has 1 aliphatic rings. The van der Waals surface area contributed by atoms with E-state index in [2.05, 4.69) is 15.3 Å². The Balaban J connectivity index is 1.65. The van der Waals surface area contributed by atoms with Gasteiger partial charge in [-0.05, 0) is 6.92 Å². The van der Waals surface area contributed by atoms with Crippen molar-refractivity contribution in [2.75, 3.05) is 31.6 Å². The number of hydrogen-bond acceptors (Lipinski definition) is 7. The lowest BCUT2D eigenvalue weighted by Gasteiger charge is -2.24. The van der Waals surface area contributed by atoms with Crippen LogP contribution in [0.4, 0.5) is 5.13 Å². The number of aromatic nitrogens is 3. The minimum atomic E-state index is -3.65. The largest absolute Gasteiger partial charge is 0.379 e. The van der Waals surface area contributed by atoms with Crippen LogP contribution < -0.4 is 5.32 Å². The Morgan fingerprint density at radius 2 is 2.17 bits per heavy atom. The lowest BCUT2D eigenvalue weighted by atomic mass is 10.5. The number of amides is 1. The number of thiazole rings is 1. The Hall–Kier alpha value is -1.82. The topological polar surface area (TPSA) is 106 Å². The molecule has 3 rings (SSSR count). The molecule has 0 saturated carbocycles. The van der Waals surface area contributed by atoms with Crippen LogP contribution in [-0.2, 0) is 26.1 Å². The molecule has 0 atom stereocenters. The van der Waals surface area contributed by atoms with Crippen molar-refractivity contribution in [2.24, 2.45) is 0 Å². The minimum absolute atomic E-state index is 0.0374. The molecule has 1 saturated heterocycles. The number of carbonyl (C=O) groups is 1. The summed E-state index contributed by atoms with van der Waals surface area (Å²) < 4.78 is 32.9. The highest BCUT2D eigenvalue weighted by molar-refractivity contribution is 7.89. The number of morpholine rings is 1. The third-order valence-corrected chi connectivity index (χ3v) is 6.04. The van der Waals surface area contributed by atoms with Gasteiger partial charge in [0.25, 0.3) is 10.0 Å². The summed E-state index contributed by atoms with van der Waals surface area (Å²) >= 11 is 1.33. The summed E-state index contributed by atoms with van der Waals surface area (Å²) in [7, 11) is -3.65. The highest BCUT2D eigenvalue weighted by Crippen LogP contribution is 2.16. The van der Waals surface area contributed by atoms with Crippen LogP contribution in [0, 0.1) is 6.92 Å². The van der Waals surface area contributed by atoms with Crippen LogP contribution in [0.5, 0.6) is 0 Å². The van der Waals surface area contributed by atoms with Gasteiger partial charge < -0.3 is 14.6 Å². The molecule has 0 bridgehead atoms. The van der Waals surface area contributed by atoms with Crippen LogP contribution >= 0.6 is 11.3 Å². The smallest absolute Gasteiger partial charge is 0.262 e. The number of sulfonamides is 1. The van der Waals surface area contributed by atoms with E-state index >= 15 is 0 Å². The summed E-state index contributed by atoms with van der Waals surface area (Å²) in [5.41, 5.74) is 0.830. The maximum absolute atomic E-state index is 12.5. The molecule has 0 spiro atoms. The first kappa shape index (κ1) is 17.0. The summed E-state index contributed by atoms with van der Waals surface area (Å²) in [5, 5.41) is 4.94. The summed E-state index contributed by atoms with van der Waals surface area (Å²) in [6.45, 7) is 3.15. The van der Waals surface area contributed by atoms with E-state index in [1.54, 1.807) is 0 Å². The van der Waals surface area contributed by atoms with Gasteiger partial charge in [0.2, 0.25) is 5.91 Å². The Labute approximate surface area is 143 Å². The minimum Gasteiger partial charge on any atom is -0.379 e. The van der Waals surface area contributed by atoms with Crippen LogP contribution in [0.15, 0.2) is 22.9 Å². The van der Waals surface area contributed by atoms with Gasteiger partial charge in [0.1, 0.15) is 6.54 Å². The van der Waals surface area contributed by atoms with Crippen molar-refractivity contribution in [1.29, 1.82) is 0 Å². The van der Waals surface area contributed by atoms with Crippen molar-refractivity contribution < 1.29 is 17.9 Å². The van der Waals surface area contributed by atoms with Gasteiger partial charge in [-0.2, -0.15) is 4.31 Å². The number of ether oxygens (including phenoxy) is 1. The van der Waals surface area contributed by atoms with E-state index in [0.717, 1.165) is 5.69 Å². The first-order valence-corrected chi connectivity index (χ1v) is 9.59. The van der Waals surface area contributed by atoms with E-state index in [4.69, 9.17) is 4.74 Å². The van der Waals surface area contributed by atoms with E-state index in [-0.39, 0.29) is 17.5 Å². The molecule has 0 unspecified atom stereocenters. The molecule has 1 amide bonds. The van der Waals surface area contributed by atoms with E-state index in [1.165, 1.54) is 32.7 Å². The molecule has 1 fully saturated rings. The second kappa shape index (κ2) is 6.97. The SMILES string of the molecule is Cc1csc(NC(=O)Cn2cnc(S(=O)(=O)N3CCOCC3)c2)n1. The molecule has 9 nitrogen and oxygen atoms in total. The molecule has 11 heteroatoms. The normalized spacial score (nSPS) is 16.2. The van der Waals surface area contributed by atoms with Gasteiger partial charge in [0, 0.05) is 24.7 Å². The highest BCUT2D eigenvalue weighted by atomic mass is 32.2. The van der Waals surface area contributed by atoms with Gasteiger partial charge in [-0.15, -0.1) is 11.3 Å². The number of carbonyl (C=O) groups excluding carboxylic acids is 1. The van der Waals surface area contributed by atoms with Crippen LogP contribution in [0.25, 0.3) is 0 Å². The molecule has 1 aliphatic heterocycles. The molecule has 3 heterocycles. The summed E-state index contributed by atoms with van der Waals surface area (Å²) in [6.07, 6.45) is 2.69. The van der Waals surface area contributed by atoms with Gasteiger partial charge >= 0.3 is 0 Å². The lowest BCUT2D eigenvalue weighted by Crippen LogP contribution is -2.40. The first-order valence-electron chi connectivity index (χ1n) is 7.27. The molecule has 24 heavy (non-hydrogen) atoms. The standard InChI is InChI=1S/C13H17N5O4S2/c1-10-8-23-13(15-10)16-11(19)6-17-7-12(14-9-17)24(20,21)18-2-4-22-5-3-18/h7-9H,2-6H2,1H3,(H,15,16,19). The van der Waals surface area contributed by atoms with Crippen molar-refractivity contribution in [3.8, 4) is 0 Å². The fourth-order valence-electron chi connectivity index (χ4n) is 2.21. The van der Waals surface area contributed by atoms with E-state index < -0.39 is 10.0 Å². The van der Waals surface area contributed by atoms with Crippen molar-refractivity contribution in [3.05, 3.63) is 23.6 Å². The number of rotatable bonds is 5. The van der Waals surface area contributed by atoms with E-state index in [1.807, 2.05) is 12.3 Å². The van der Waals surface area contributed by atoms with Crippen LogP contribution in [0.3, 0.4) is 0 Å². The first-order chi connectivity index (χ1) is 11.4. The number of hydrogen-bond donors (Lipinski definition) is 1. The van der Waals surface area contributed by atoms with Crippen LogP contribution in [0.1, 0.15) is 5.69 Å². The van der Waals surface area contributed by atoms with Gasteiger partial charge in [0.05, 0.1) is 25.2 Å². The fraction of sp³-hybridized carbons (Fsp3) is 0.462. The number of aryl methyl sites for hydroxylation is 1. The van der Waals surface area contributed by atoms with E-state index in [9.17, 15) is 13.2 Å². The van der Waals surface area contributed by atoms with Crippen molar-refractivity contribution >= 4 is 32.4 Å². The van der Waals surface area contributed by atoms with Crippen molar-refractivity contribution in [2.45, 2.75) is 18.5 Å². The number of imidazole rings is 1. The Morgan fingerprint density at radius 1 is 1.42 bits per heavy atom. The summed E-state index contributed by atoms with van der Waals surface area (Å²) in [4.78, 5) is 20.1. The maximum Gasteiger partial charge on any atom is 0.262 e. The predicted octanol–water partition coefficient (Wildman–Crippen LogP) is 0.308. The molecule has 0 radical (unpaired) electrons. The molecular formula is C13H17N5O4S2. The molecule has 1 N–H and O–H groups in total. The lowest BCUT2D eigenvalue weighted by molar-refractivity contribution is -0.116. The third kappa shape index (κ3) is 3.80. The number of anilines is 1. The number of nitrogens with one attached hydrogen (secondary N) is 1. The van der Waals surface area contributed by atoms with Crippen molar-refractivity contribution in [1.82, 2.24) is 18.8 Å². The molecule has 0 aromatic carbocycles. The van der Waals surface area contributed by atoms with Gasteiger partial charge in [0.15, 0.2) is 10.2 Å². The monoisotopic (exact) mass is 371 g/mol. The molecule has 0 aliphatic carbocycles. The zero-order valence-corrected chi connectivity index (χ0v) is 14.6. The zero-order chi connectivity index (χ0) is 17.2. The second-order valence-corrected chi connectivity index (χ2v) is 7.99. The summed E-state index contributed by atoms with van der Waals surface area (Å²) in [5.74, 6) is -0.294. The second-order valence-electron chi connectivity index (χ2n) is 5.24. The Bertz CT molecular complexity index is 823. The highest BCUT2D eigenvalue weighted by Gasteiger charge is 2.28. The Kier molecular flexibility index (Phi) is 4.94. The average molecular weight is 371 g/mol. The van der Waals surface area contributed by atoms with Crippen LogP contribution in [0.2, 0.25) is 0 Å². The number of nitrogens with zero attached hydrogens (tertiary/aromatic N) is 4. The third-order valence-electron chi connectivity index (χ3n) is 3.38. The fourth-order valence-corrected chi connectivity index (χ4v) is 4.26. The summed E-state index contributed by atoms with van der Waals surface area (Å²) in [6, 6.07) is 0. The molecular weight excluding hydrogens is 354 g/mol. The molecule has 2 aromatic heterocycles. The van der Waals surface area contributed by atoms with Gasteiger partial charge in [-0.3, -0.25) is 4.79 Å². The quantitative estimate of drug-likeness (QED) is 0.811. The maximum atomic E-state index is 12.5. The average Bonchev–Trinajstić information content (AvgIpc) is 3.18. The Morgan fingerprint density at radius 3 is 2.83 bits per heavy atom. The molecule has 130 valence electrons. The van der Waals surface area contributed by atoms with Crippen molar-refractivity contribution in [3.63, 3.8) is 0 Å². The van der Waals surface area contributed by atoms with Gasteiger partial charge in [-0.1, -0.05) is 0 Å². The van der Waals surface area contributed by atoms with Gasteiger partial charge in [-0.25, -0.2) is 18.4 Å². The molecule has 2 aromatic rings. The predicted molar refractivity (Wildman–Crippen MR) is 87.3 cm³/mol. The van der Waals surface area contributed by atoms with E-state index in [0.29, 0.717) is 31.4 Å².